The number of nitrogens with one attached hydrogen (secondary N) is 1. The van der Waals surface area contributed by atoms with Crippen molar-refractivity contribution in [1.29, 1.82) is 0 Å². The minimum absolute atomic E-state index is 0.0627. The molecule has 1 aliphatic carbocycles. The first-order valence-electron chi connectivity index (χ1n) is 9.98. The molecule has 0 radical (unpaired) electrons. The Labute approximate surface area is 182 Å². The van der Waals surface area contributed by atoms with Crippen LogP contribution in [0, 0.1) is 0 Å². The Morgan fingerprint density at radius 1 is 1.31 bits per heavy atom. The molecule has 1 unspecified atom stereocenters. The highest BCUT2D eigenvalue weighted by molar-refractivity contribution is 7.84. The van der Waals surface area contributed by atoms with Crippen molar-refractivity contribution in [2.24, 2.45) is 5.14 Å². The molecule has 5 rings (SSSR count). The van der Waals surface area contributed by atoms with E-state index in [9.17, 15) is 17.9 Å². The molecule has 0 bridgehead atoms. The van der Waals surface area contributed by atoms with Crippen LogP contribution in [-0.2, 0) is 25.6 Å². The highest BCUT2D eigenvalue weighted by atomic mass is 32.2. The summed E-state index contributed by atoms with van der Waals surface area (Å²) in [6, 6.07) is 8.23. The Bertz CT molecular complexity index is 1250. The Balaban J connectivity index is 1.40. The lowest BCUT2D eigenvalue weighted by atomic mass is 10.1. The van der Waals surface area contributed by atoms with Gasteiger partial charge < -0.3 is 15.2 Å². The third kappa shape index (κ3) is 3.82. The lowest BCUT2D eigenvalue weighted by molar-refractivity contribution is -0.0403. The van der Waals surface area contributed by atoms with E-state index in [2.05, 4.69) is 36.6 Å². The fraction of sp³-hybridized carbons (Fsp3) is 0.421. The molecule has 3 heterocycles. The molecule has 1 aliphatic heterocycles. The second kappa shape index (κ2) is 8.01. The molecule has 3 aromatic rings. The Kier molecular flexibility index (Phi) is 5.29. The second-order valence-electron chi connectivity index (χ2n) is 7.76. The van der Waals surface area contributed by atoms with Crippen molar-refractivity contribution in [2.45, 2.75) is 43.5 Å². The van der Waals surface area contributed by atoms with Crippen LogP contribution < -0.4 is 10.5 Å². The van der Waals surface area contributed by atoms with Crippen molar-refractivity contribution in [2.75, 3.05) is 11.9 Å². The molecular weight excluding hydrogens is 443 g/mol. The smallest absolute Gasteiger partial charge is 0.333 e. The average Bonchev–Trinajstić information content (AvgIpc) is 3.44. The number of ether oxygens (including phenoxy) is 1. The number of aryl methyl sites for hydroxylation is 1. The summed E-state index contributed by atoms with van der Waals surface area (Å²) in [6.07, 6.45) is -1.45. The summed E-state index contributed by atoms with van der Waals surface area (Å²) in [5.41, 5.74) is 3.21. The fourth-order valence-electron chi connectivity index (χ4n) is 4.24. The van der Waals surface area contributed by atoms with Crippen LogP contribution in [0.5, 0.6) is 0 Å². The summed E-state index contributed by atoms with van der Waals surface area (Å²) in [5, 5.41) is 18.3. The number of hydrogen-bond acceptors (Lipinski definition) is 9. The van der Waals surface area contributed by atoms with Crippen LogP contribution >= 0.6 is 0 Å². The number of imidazole rings is 1. The molecule has 4 N–H and O–H groups in total. The van der Waals surface area contributed by atoms with Crippen LogP contribution in [0.3, 0.4) is 0 Å². The predicted octanol–water partition coefficient (Wildman–Crippen LogP) is 0.742. The first-order valence-corrected chi connectivity index (χ1v) is 11.5. The zero-order chi connectivity index (χ0) is 22.5. The lowest BCUT2D eigenvalue weighted by Gasteiger charge is -2.16. The van der Waals surface area contributed by atoms with Gasteiger partial charge in [0.2, 0.25) is 0 Å². The van der Waals surface area contributed by atoms with Crippen molar-refractivity contribution in [3.05, 3.63) is 48.0 Å². The van der Waals surface area contributed by atoms with Crippen LogP contribution in [0.4, 0.5) is 10.2 Å². The Morgan fingerprint density at radius 3 is 2.94 bits per heavy atom. The maximum atomic E-state index is 14.8. The van der Waals surface area contributed by atoms with Crippen molar-refractivity contribution >= 4 is 27.3 Å². The fourth-order valence-corrected chi connectivity index (χ4v) is 4.57. The average molecular weight is 464 g/mol. The Morgan fingerprint density at radius 2 is 2.12 bits per heavy atom. The standard InChI is InChI=1S/C19H21FN6O5S/c20-14-16(27)13(7-30-32(21,28)29)31-19(14)26-9-24-15-17(22-8-23-18(15)26)25-12-6-5-10-3-1-2-4-11(10)12/h1-4,8-9,12-14,16,19,27H,5-7H2,(H2,21,28,29)(H,22,23,25)/t12?,13-,14-,16+,19-/m1/s1. The first kappa shape index (κ1) is 21.2. The SMILES string of the molecule is NS(=O)(=O)OC[C@H]1O[C@@H](n2cnc3c(NC4CCc5ccccc54)ncnc32)[C@H](F)[C@H]1O. The normalized spacial score (nSPS) is 27.7. The van der Waals surface area contributed by atoms with Gasteiger partial charge in [0.1, 0.15) is 18.5 Å². The lowest BCUT2D eigenvalue weighted by Crippen LogP contribution is -2.33. The van der Waals surface area contributed by atoms with Gasteiger partial charge in [-0.25, -0.2) is 24.5 Å². The number of aromatic nitrogens is 4. The zero-order valence-electron chi connectivity index (χ0n) is 16.7. The number of alkyl halides is 1. The molecule has 170 valence electrons. The number of benzene rings is 1. The maximum Gasteiger partial charge on any atom is 0.333 e. The molecule has 1 saturated heterocycles. The zero-order valence-corrected chi connectivity index (χ0v) is 17.5. The summed E-state index contributed by atoms with van der Waals surface area (Å²) in [4.78, 5) is 12.8. The number of nitrogens with zero attached hydrogens (tertiary/aromatic N) is 4. The molecule has 2 aromatic heterocycles. The van der Waals surface area contributed by atoms with Gasteiger partial charge in [0.05, 0.1) is 19.0 Å². The van der Waals surface area contributed by atoms with Crippen LogP contribution in [0.1, 0.15) is 29.8 Å². The monoisotopic (exact) mass is 464 g/mol. The first-order chi connectivity index (χ1) is 15.3. The van der Waals surface area contributed by atoms with Gasteiger partial charge in [0.15, 0.2) is 29.4 Å². The number of aliphatic hydroxyl groups is 1. The van der Waals surface area contributed by atoms with E-state index in [0.29, 0.717) is 17.0 Å². The second-order valence-corrected chi connectivity index (χ2v) is 8.98. The van der Waals surface area contributed by atoms with Crippen molar-refractivity contribution in [1.82, 2.24) is 19.5 Å². The van der Waals surface area contributed by atoms with E-state index in [1.807, 2.05) is 12.1 Å². The van der Waals surface area contributed by atoms with Gasteiger partial charge in [-0.05, 0) is 24.0 Å². The molecule has 5 atom stereocenters. The minimum Gasteiger partial charge on any atom is -0.387 e. The third-order valence-corrected chi connectivity index (χ3v) is 6.23. The summed E-state index contributed by atoms with van der Waals surface area (Å²) < 4.78 is 48.1. The number of fused-ring (bicyclic) bond motifs is 2. The van der Waals surface area contributed by atoms with Gasteiger partial charge in [0, 0.05) is 0 Å². The summed E-state index contributed by atoms with van der Waals surface area (Å²) in [5.74, 6) is 0.499. The third-order valence-electron chi connectivity index (χ3n) is 5.77. The van der Waals surface area contributed by atoms with Gasteiger partial charge in [-0.2, -0.15) is 8.42 Å². The van der Waals surface area contributed by atoms with Gasteiger partial charge in [-0.15, -0.1) is 0 Å². The van der Waals surface area contributed by atoms with E-state index in [1.165, 1.54) is 28.3 Å². The van der Waals surface area contributed by atoms with E-state index in [-0.39, 0.29) is 6.04 Å². The maximum absolute atomic E-state index is 14.8. The van der Waals surface area contributed by atoms with E-state index in [4.69, 9.17) is 9.88 Å². The summed E-state index contributed by atoms with van der Waals surface area (Å²) in [7, 11) is -4.26. The molecule has 2 aliphatic rings. The summed E-state index contributed by atoms with van der Waals surface area (Å²) in [6.45, 7) is -0.619. The molecule has 0 spiro atoms. The summed E-state index contributed by atoms with van der Waals surface area (Å²) >= 11 is 0. The molecule has 0 amide bonds. The largest absolute Gasteiger partial charge is 0.387 e. The van der Waals surface area contributed by atoms with E-state index in [0.717, 1.165) is 12.8 Å². The van der Waals surface area contributed by atoms with Crippen LogP contribution in [0.15, 0.2) is 36.9 Å². The number of hydrogen-bond donors (Lipinski definition) is 3. The number of anilines is 1. The highest BCUT2D eigenvalue weighted by Crippen LogP contribution is 2.37. The van der Waals surface area contributed by atoms with Gasteiger partial charge in [-0.3, -0.25) is 8.75 Å². The highest BCUT2D eigenvalue weighted by Gasteiger charge is 2.46. The number of nitrogens with two attached hydrogens (primary N) is 1. The topological polar surface area (TPSA) is 154 Å². The van der Waals surface area contributed by atoms with E-state index in [1.54, 1.807) is 0 Å². The van der Waals surface area contributed by atoms with Crippen LogP contribution in [0.25, 0.3) is 11.2 Å². The van der Waals surface area contributed by atoms with Crippen LogP contribution in [-0.4, -0.2) is 58.0 Å². The van der Waals surface area contributed by atoms with Gasteiger partial charge in [-0.1, -0.05) is 24.3 Å². The molecule has 32 heavy (non-hydrogen) atoms. The number of halogens is 1. The van der Waals surface area contributed by atoms with E-state index < -0.39 is 41.5 Å². The van der Waals surface area contributed by atoms with Gasteiger partial charge in [0.25, 0.3) is 0 Å². The number of aliphatic hydroxyl groups excluding tert-OH is 1. The molecule has 1 fully saturated rings. The van der Waals surface area contributed by atoms with Crippen molar-refractivity contribution in [3.8, 4) is 0 Å². The molecule has 13 heteroatoms. The number of rotatable bonds is 6. The molecule has 0 saturated carbocycles. The van der Waals surface area contributed by atoms with Crippen molar-refractivity contribution < 1.29 is 26.8 Å². The predicted molar refractivity (Wildman–Crippen MR) is 110 cm³/mol. The quantitative estimate of drug-likeness (QED) is 0.479. The van der Waals surface area contributed by atoms with Gasteiger partial charge >= 0.3 is 10.3 Å². The molecule has 1 aromatic carbocycles. The molecule has 11 nitrogen and oxygen atoms in total. The molecular formula is C19H21FN6O5S. The van der Waals surface area contributed by atoms with Crippen molar-refractivity contribution in [3.63, 3.8) is 0 Å². The minimum atomic E-state index is -4.26. The van der Waals surface area contributed by atoms with Crippen LogP contribution in [0.2, 0.25) is 0 Å². The Hall–Kier alpha value is -2.71. The van der Waals surface area contributed by atoms with E-state index >= 15 is 0 Å².